The number of aromatic nitrogens is 2. The van der Waals surface area contributed by atoms with Crippen LogP contribution in [0.1, 0.15) is 33.4 Å². The number of hydrogen-bond acceptors (Lipinski definition) is 6. The Morgan fingerprint density at radius 2 is 1.67 bits per heavy atom. The van der Waals surface area contributed by atoms with Gasteiger partial charge >= 0.3 is 0 Å². The fourth-order valence-electron chi connectivity index (χ4n) is 5.44. The van der Waals surface area contributed by atoms with Gasteiger partial charge in [-0.25, -0.2) is 0 Å². The van der Waals surface area contributed by atoms with Crippen molar-refractivity contribution in [2.75, 3.05) is 7.11 Å². The molecule has 0 radical (unpaired) electrons. The molecule has 3 fully saturated rings. The molecule has 5 atom stereocenters. The monoisotopic (exact) mass is 455 g/mol. The average Bonchev–Trinajstić information content (AvgIpc) is 3.38. The van der Waals surface area contributed by atoms with E-state index in [-0.39, 0.29) is 24.4 Å². The highest BCUT2D eigenvalue weighted by Crippen LogP contribution is 2.44. The van der Waals surface area contributed by atoms with Gasteiger partial charge in [-0.1, -0.05) is 0 Å². The van der Waals surface area contributed by atoms with Crippen LogP contribution in [0.25, 0.3) is 21.8 Å². The van der Waals surface area contributed by atoms with Gasteiger partial charge < -0.3 is 33.4 Å². The summed E-state index contributed by atoms with van der Waals surface area (Å²) in [6.07, 6.45) is 0.538. The van der Waals surface area contributed by atoms with Crippen molar-refractivity contribution in [3.8, 4) is 5.75 Å². The predicted molar refractivity (Wildman–Crippen MR) is 120 cm³/mol. The third-order valence-corrected chi connectivity index (χ3v) is 6.89. The minimum Gasteiger partial charge on any atom is -0.497 e. The summed E-state index contributed by atoms with van der Waals surface area (Å²) in [7, 11) is 1.68. The first-order chi connectivity index (χ1) is 15.6. The first-order valence-corrected chi connectivity index (χ1v) is 11.5. The molecule has 3 saturated heterocycles. The van der Waals surface area contributed by atoms with E-state index in [1.165, 1.54) is 10.8 Å². The van der Waals surface area contributed by atoms with Crippen LogP contribution in [0, 0.1) is 6.92 Å². The summed E-state index contributed by atoms with van der Waals surface area (Å²) >= 11 is 0. The van der Waals surface area contributed by atoms with Gasteiger partial charge in [0.25, 0.3) is 0 Å². The maximum absolute atomic E-state index is 6.41. The Labute approximate surface area is 192 Å². The molecular formula is C25H31N2O6+. The van der Waals surface area contributed by atoms with Crippen molar-refractivity contribution < 1.29 is 33.0 Å². The van der Waals surface area contributed by atoms with Crippen LogP contribution in [0.3, 0.4) is 0 Å². The lowest BCUT2D eigenvalue weighted by Gasteiger charge is -2.36. The minimum absolute atomic E-state index is 0.249. The predicted octanol–water partition coefficient (Wildman–Crippen LogP) is 3.32. The van der Waals surface area contributed by atoms with Gasteiger partial charge in [0.05, 0.1) is 12.6 Å². The number of nitrogens with one attached hydrogen (secondary N) is 1. The summed E-state index contributed by atoms with van der Waals surface area (Å²) < 4.78 is 38.7. The third-order valence-electron chi connectivity index (χ3n) is 6.89. The van der Waals surface area contributed by atoms with Crippen molar-refractivity contribution in [3.63, 3.8) is 0 Å². The topological polar surface area (TPSA) is 75.1 Å². The number of H-pyrrole nitrogens is 1. The standard InChI is InChI=1S/C25H30N2O6/c1-13-19-16(15-8-7-14(28-6)11-17(15)26-19)9-10-27(13)12-18-20-21(31-24(2,3)30-20)22-23(29-18)33-25(4,5)32-22/h7-11,18,20-23H,12H2,1-6H3/p+1/t18-,20+,21+,22-,23-/m1/s1. The number of pyridine rings is 1. The Hall–Kier alpha value is -2.23. The molecule has 5 heterocycles. The molecule has 3 aliphatic heterocycles. The molecule has 1 N–H and O–H groups in total. The van der Waals surface area contributed by atoms with E-state index in [0.29, 0.717) is 6.54 Å². The second-order valence-electron chi connectivity index (χ2n) is 10.1. The maximum Gasteiger partial charge on any atom is 0.202 e. The highest BCUT2D eigenvalue weighted by Gasteiger charge is 2.61. The Bertz CT molecular complexity index is 1230. The van der Waals surface area contributed by atoms with Crippen LogP contribution in [0.5, 0.6) is 5.75 Å². The Morgan fingerprint density at radius 3 is 2.45 bits per heavy atom. The molecule has 0 unspecified atom stereocenters. The molecule has 0 aliphatic carbocycles. The van der Waals surface area contributed by atoms with E-state index in [9.17, 15) is 0 Å². The first kappa shape index (κ1) is 21.3. The van der Waals surface area contributed by atoms with Crippen molar-refractivity contribution >= 4 is 21.8 Å². The van der Waals surface area contributed by atoms with Crippen LogP contribution >= 0.6 is 0 Å². The van der Waals surface area contributed by atoms with Gasteiger partial charge in [0, 0.05) is 29.8 Å². The van der Waals surface area contributed by atoms with Crippen LogP contribution in [0.4, 0.5) is 0 Å². The van der Waals surface area contributed by atoms with E-state index < -0.39 is 17.9 Å². The average molecular weight is 456 g/mol. The van der Waals surface area contributed by atoms with Crippen LogP contribution in [0.15, 0.2) is 30.5 Å². The van der Waals surface area contributed by atoms with Crippen molar-refractivity contribution in [1.29, 1.82) is 0 Å². The zero-order valence-corrected chi connectivity index (χ0v) is 19.9. The van der Waals surface area contributed by atoms with Crippen molar-refractivity contribution in [3.05, 3.63) is 36.2 Å². The van der Waals surface area contributed by atoms with E-state index in [0.717, 1.165) is 22.5 Å². The zero-order valence-electron chi connectivity index (χ0n) is 19.9. The SMILES string of the molecule is COc1ccc2c(c1)[nH]c1c(C)[n+](C[C@H]3O[C@@H]4OC(C)(C)O[C@@H]4[C@H]4OC(C)(C)O[C@H]43)ccc12. The number of fused-ring (bicyclic) bond motifs is 6. The van der Waals surface area contributed by atoms with Crippen LogP contribution < -0.4 is 9.30 Å². The molecule has 6 rings (SSSR count). The molecule has 2 aromatic heterocycles. The summed E-state index contributed by atoms with van der Waals surface area (Å²) in [5.74, 6) is -0.599. The Balaban J connectivity index is 1.35. The van der Waals surface area contributed by atoms with Gasteiger partial charge in [-0.15, -0.1) is 0 Å². The molecule has 1 aromatic carbocycles. The number of rotatable bonds is 3. The van der Waals surface area contributed by atoms with Gasteiger partial charge in [0.2, 0.25) is 5.69 Å². The van der Waals surface area contributed by atoms with Gasteiger partial charge in [-0.3, -0.25) is 0 Å². The van der Waals surface area contributed by atoms with E-state index in [2.05, 4.69) is 34.8 Å². The summed E-state index contributed by atoms with van der Waals surface area (Å²) in [4.78, 5) is 3.56. The zero-order chi connectivity index (χ0) is 23.1. The number of aryl methyl sites for hydroxylation is 1. The van der Waals surface area contributed by atoms with Crippen LogP contribution in [0.2, 0.25) is 0 Å². The fourth-order valence-corrected chi connectivity index (χ4v) is 5.44. The fraction of sp³-hybridized carbons (Fsp3) is 0.560. The van der Waals surface area contributed by atoms with Gasteiger partial charge in [-0.2, -0.15) is 4.57 Å². The number of nitrogens with zero attached hydrogens (tertiary/aromatic N) is 1. The largest absolute Gasteiger partial charge is 0.497 e. The molecule has 8 nitrogen and oxygen atoms in total. The number of benzene rings is 1. The smallest absolute Gasteiger partial charge is 0.202 e. The maximum atomic E-state index is 6.41. The third kappa shape index (κ3) is 3.43. The minimum atomic E-state index is -0.724. The summed E-state index contributed by atoms with van der Waals surface area (Å²) in [5.41, 5.74) is 3.26. The Kier molecular flexibility index (Phi) is 4.61. The number of aromatic amines is 1. The van der Waals surface area contributed by atoms with Crippen molar-refractivity contribution in [1.82, 2.24) is 4.98 Å². The molecule has 3 aromatic rings. The van der Waals surface area contributed by atoms with Crippen molar-refractivity contribution in [2.24, 2.45) is 0 Å². The van der Waals surface area contributed by atoms with Crippen molar-refractivity contribution in [2.45, 2.75) is 83.4 Å². The molecule has 0 saturated carbocycles. The second-order valence-corrected chi connectivity index (χ2v) is 10.1. The first-order valence-electron chi connectivity index (χ1n) is 11.5. The molecule has 33 heavy (non-hydrogen) atoms. The molecule has 0 bridgehead atoms. The van der Waals surface area contributed by atoms with E-state index in [1.807, 2.05) is 39.8 Å². The summed E-state index contributed by atoms with van der Waals surface area (Å²) in [5, 5.41) is 2.35. The van der Waals surface area contributed by atoms with Crippen LogP contribution in [-0.4, -0.2) is 54.4 Å². The number of ether oxygens (including phenoxy) is 6. The highest BCUT2D eigenvalue weighted by molar-refractivity contribution is 6.07. The summed E-state index contributed by atoms with van der Waals surface area (Å²) in [6.45, 7) is 10.4. The lowest BCUT2D eigenvalue weighted by molar-refractivity contribution is -0.711. The molecule has 0 spiro atoms. The normalized spacial score (nSPS) is 32.2. The molecular weight excluding hydrogens is 424 g/mol. The van der Waals surface area contributed by atoms with E-state index >= 15 is 0 Å². The highest BCUT2D eigenvalue weighted by atomic mass is 16.9. The van der Waals surface area contributed by atoms with E-state index in [1.54, 1.807) is 7.11 Å². The molecule has 176 valence electrons. The summed E-state index contributed by atoms with van der Waals surface area (Å²) in [6, 6.07) is 8.25. The molecule has 3 aliphatic rings. The van der Waals surface area contributed by atoms with Crippen LogP contribution in [-0.2, 0) is 30.2 Å². The number of hydrogen-bond donors (Lipinski definition) is 1. The second kappa shape index (κ2) is 7.13. The number of methoxy groups -OCH3 is 1. The quantitative estimate of drug-likeness (QED) is 0.611. The Morgan fingerprint density at radius 1 is 0.939 bits per heavy atom. The van der Waals surface area contributed by atoms with Gasteiger partial charge in [0.15, 0.2) is 30.6 Å². The molecule has 8 heteroatoms. The van der Waals surface area contributed by atoms with E-state index in [4.69, 9.17) is 28.4 Å². The van der Waals surface area contributed by atoms with Gasteiger partial charge in [0.1, 0.15) is 35.7 Å². The molecule has 0 amide bonds. The lowest BCUT2D eigenvalue weighted by Crippen LogP contribution is -2.59. The lowest BCUT2D eigenvalue weighted by atomic mass is 9.98. The van der Waals surface area contributed by atoms with Gasteiger partial charge in [-0.05, 0) is 39.8 Å².